The molecule has 12 heavy (non-hydrogen) atoms. The van der Waals surface area contributed by atoms with E-state index in [-0.39, 0.29) is 5.56 Å². The quantitative estimate of drug-likeness (QED) is 0.721. The molecule has 1 nitrogen and oxygen atoms in total. The highest BCUT2D eigenvalue weighted by Gasteiger charge is 2.23. The molecule has 0 atom stereocenters. The second-order valence-electron chi connectivity index (χ2n) is 2.72. The predicted molar refractivity (Wildman–Crippen MR) is 45.6 cm³/mol. The van der Waals surface area contributed by atoms with Crippen molar-refractivity contribution < 1.29 is 8.78 Å². The number of hydrogen-bond acceptors (Lipinski definition) is 1. The molecule has 0 radical (unpaired) electrons. The largest absolute Gasteiger partial charge is 0.388 e. The lowest BCUT2D eigenvalue weighted by molar-refractivity contribution is 0.0175. The molecule has 0 aromatic heterocycles. The lowest BCUT2D eigenvalue weighted by atomic mass is 10.1. The van der Waals surface area contributed by atoms with Crippen molar-refractivity contribution >= 4 is 5.69 Å². The minimum absolute atomic E-state index is 0.0431. The maximum Gasteiger partial charge on any atom is 0.270 e. The second-order valence-corrected chi connectivity index (χ2v) is 2.72. The summed E-state index contributed by atoms with van der Waals surface area (Å²) in [6, 6.07) is 6.11. The van der Waals surface area contributed by atoms with Crippen LogP contribution in [0.3, 0.4) is 0 Å². The maximum atomic E-state index is 12.7. The molecule has 0 aliphatic heterocycles. The molecule has 0 aliphatic carbocycles. The topological polar surface area (TPSA) is 12.0 Å². The Morgan fingerprint density at radius 1 is 1.17 bits per heavy atom. The average molecular weight is 171 g/mol. The first-order valence-electron chi connectivity index (χ1n) is 3.70. The van der Waals surface area contributed by atoms with Gasteiger partial charge in [0.2, 0.25) is 0 Å². The van der Waals surface area contributed by atoms with Crippen molar-refractivity contribution in [2.24, 2.45) is 0 Å². The molecule has 0 spiro atoms. The number of rotatable bonds is 2. The summed E-state index contributed by atoms with van der Waals surface area (Å²) in [6.07, 6.45) is 0. The van der Waals surface area contributed by atoms with Crippen LogP contribution in [0.1, 0.15) is 12.5 Å². The Morgan fingerprint density at radius 2 is 1.67 bits per heavy atom. The molecule has 0 heterocycles. The van der Waals surface area contributed by atoms with Gasteiger partial charge in [-0.15, -0.1) is 0 Å². The number of hydrogen-bond donors (Lipinski definition) is 1. The first-order valence-corrected chi connectivity index (χ1v) is 3.70. The molecule has 1 aromatic rings. The van der Waals surface area contributed by atoms with Crippen LogP contribution in [0.2, 0.25) is 0 Å². The van der Waals surface area contributed by atoms with E-state index >= 15 is 0 Å². The zero-order valence-electron chi connectivity index (χ0n) is 7.07. The van der Waals surface area contributed by atoms with Crippen molar-refractivity contribution in [2.75, 3.05) is 12.4 Å². The first-order chi connectivity index (χ1) is 5.54. The van der Waals surface area contributed by atoms with Crippen LogP contribution in [-0.4, -0.2) is 7.05 Å². The van der Waals surface area contributed by atoms with Gasteiger partial charge in [-0.1, -0.05) is 12.1 Å². The van der Waals surface area contributed by atoms with Crippen LogP contribution in [0.5, 0.6) is 0 Å². The Morgan fingerprint density at radius 3 is 2.00 bits per heavy atom. The van der Waals surface area contributed by atoms with Gasteiger partial charge < -0.3 is 5.32 Å². The van der Waals surface area contributed by atoms with Crippen LogP contribution in [0.25, 0.3) is 0 Å². The summed E-state index contributed by atoms with van der Waals surface area (Å²) in [5.41, 5.74) is 0.879. The van der Waals surface area contributed by atoms with E-state index in [1.807, 2.05) is 0 Å². The molecule has 0 bridgehead atoms. The van der Waals surface area contributed by atoms with Gasteiger partial charge in [0.15, 0.2) is 0 Å². The van der Waals surface area contributed by atoms with Gasteiger partial charge >= 0.3 is 0 Å². The standard InChI is InChI=1S/C9H11F2N/c1-9(10,11)7-3-5-8(12-2)6-4-7/h3-6,12H,1-2H3. The van der Waals surface area contributed by atoms with Crippen LogP contribution >= 0.6 is 0 Å². The summed E-state index contributed by atoms with van der Waals surface area (Å²) in [5.74, 6) is -2.74. The third-order valence-corrected chi connectivity index (χ3v) is 1.68. The van der Waals surface area contributed by atoms with Gasteiger partial charge in [0.05, 0.1) is 0 Å². The third-order valence-electron chi connectivity index (χ3n) is 1.68. The molecule has 3 heteroatoms. The first kappa shape index (κ1) is 8.97. The fourth-order valence-corrected chi connectivity index (χ4v) is 0.930. The molecule has 0 amide bonds. The fourth-order valence-electron chi connectivity index (χ4n) is 0.930. The van der Waals surface area contributed by atoms with E-state index in [0.29, 0.717) is 0 Å². The van der Waals surface area contributed by atoms with Gasteiger partial charge in [-0.25, -0.2) is 8.78 Å². The summed E-state index contributed by atoms with van der Waals surface area (Å²) in [7, 11) is 1.75. The van der Waals surface area contributed by atoms with Gasteiger partial charge in [0.25, 0.3) is 5.92 Å². The Labute approximate surface area is 70.4 Å². The highest BCUT2D eigenvalue weighted by Crippen LogP contribution is 2.27. The molecule has 0 fully saturated rings. The van der Waals surface area contributed by atoms with Gasteiger partial charge in [-0.2, -0.15) is 0 Å². The van der Waals surface area contributed by atoms with Gasteiger partial charge in [-0.05, 0) is 12.1 Å². The van der Waals surface area contributed by atoms with Crippen LogP contribution in [0.15, 0.2) is 24.3 Å². The second kappa shape index (κ2) is 3.09. The summed E-state index contributed by atoms with van der Waals surface area (Å²) in [4.78, 5) is 0. The normalized spacial score (nSPS) is 11.3. The summed E-state index contributed by atoms with van der Waals surface area (Å²) in [6.45, 7) is 0.890. The summed E-state index contributed by atoms with van der Waals surface area (Å²) in [5, 5.41) is 2.86. The van der Waals surface area contributed by atoms with Gasteiger partial charge in [0, 0.05) is 25.2 Å². The molecule has 0 aliphatic rings. The lowest BCUT2D eigenvalue weighted by Crippen LogP contribution is -2.06. The van der Waals surface area contributed by atoms with Crippen LogP contribution in [0, 0.1) is 0 Å². The molecule has 0 unspecified atom stereocenters. The zero-order valence-corrected chi connectivity index (χ0v) is 7.07. The van der Waals surface area contributed by atoms with Crippen LogP contribution < -0.4 is 5.32 Å². The highest BCUT2D eigenvalue weighted by molar-refractivity contribution is 5.44. The molecule has 1 aromatic carbocycles. The zero-order chi connectivity index (χ0) is 9.19. The number of benzene rings is 1. The molecule has 0 saturated heterocycles. The Hall–Kier alpha value is -1.12. The Balaban J connectivity index is 2.93. The maximum absolute atomic E-state index is 12.7. The van der Waals surface area contributed by atoms with E-state index in [4.69, 9.17) is 0 Å². The number of alkyl halides is 2. The van der Waals surface area contributed by atoms with Crippen molar-refractivity contribution in [3.63, 3.8) is 0 Å². The summed E-state index contributed by atoms with van der Waals surface area (Å²) < 4.78 is 25.3. The fraction of sp³-hybridized carbons (Fsp3) is 0.333. The lowest BCUT2D eigenvalue weighted by Gasteiger charge is -2.10. The van der Waals surface area contributed by atoms with Crippen LogP contribution in [0.4, 0.5) is 14.5 Å². The Bertz CT molecular complexity index is 248. The van der Waals surface area contributed by atoms with Crippen molar-refractivity contribution in [1.29, 1.82) is 0 Å². The molecule has 66 valence electrons. The molecular weight excluding hydrogens is 160 g/mol. The minimum atomic E-state index is -2.74. The van der Waals surface area contributed by atoms with E-state index in [1.54, 1.807) is 19.2 Å². The van der Waals surface area contributed by atoms with Gasteiger partial charge in [0.1, 0.15) is 0 Å². The van der Waals surface area contributed by atoms with E-state index < -0.39 is 5.92 Å². The number of anilines is 1. The summed E-state index contributed by atoms with van der Waals surface area (Å²) >= 11 is 0. The molecule has 1 N–H and O–H groups in total. The number of nitrogens with one attached hydrogen (secondary N) is 1. The van der Waals surface area contributed by atoms with Crippen molar-refractivity contribution in [3.05, 3.63) is 29.8 Å². The average Bonchev–Trinajstić information content (AvgIpc) is 2.03. The van der Waals surface area contributed by atoms with Crippen molar-refractivity contribution in [3.8, 4) is 0 Å². The predicted octanol–water partition coefficient (Wildman–Crippen LogP) is 2.84. The molecule has 1 rings (SSSR count). The van der Waals surface area contributed by atoms with Crippen molar-refractivity contribution in [2.45, 2.75) is 12.8 Å². The molecule has 0 saturated carbocycles. The number of halogens is 2. The van der Waals surface area contributed by atoms with Crippen molar-refractivity contribution in [1.82, 2.24) is 0 Å². The molecular formula is C9H11F2N. The Kier molecular flexibility index (Phi) is 2.31. The minimum Gasteiger partial charge on any atom is -0.388 e. The monoisotopic (exact) mass is 171 g/mol. The SMILES string of the molecule is CNc1ccc(C(C)(F)F)cc1. The van der Waals surface area contributed by atoms with E-state index in [0.717, 1.165) is 12.6 Å². The van der Waals surface area contributed by atoms with Crippen LogP contribution in [-0.2, 0) is 5.92 Å². The van der Waals surface area contributed by atoms with E-state index in [2.05, 4.69) is 5.32 Å². The van der Waals surface area contributed by atoms with Gasteiger partial charge in [-0.3, -0.25) is 0 Å². The highest BCUT2D eigenvalue weighted by atomic mass is 19.3. The van der Waals surface area contributed by atoms with E-state index in [9.17, 15) is 8.78 Å². The smallest absolute Gasteiger partial charge is 0.270 e. The van der Waals surface area contributed by atoms with E-state index in [1.165, 1.54) is 12.1 Å². The third kappa shape index (κ3) is 1.94.